The van der Waals surface area contributed by atoms with E-state index in [1.807, 2.05) is 5.32 Å². The molecule has 0 spiro atoms. The van der Waals surface area contributed by atoms with Gasteiger partial charge in [-0.25, -0.2) is 0 Å². The van der Waals surface area contributed by atoms with Crippen LogP contribution in [0.5, 0.6) is 0 Å². The van der Waals surface area contributed by atoms with Crippen LogP contribution >= 0.6 is 0 Å². The summed E-state index contributed by atoms with van der Waals surface area (Å²) in [5.74, 6) is -1.90. The minimum absolute atomic E-state index is 0.394. The maximum Gasteiger partial charge on any atom is 0.471 e. The van der Waals surface area contributed by atoms with Gasteiger partial charge in [-0.15, -0.1) is 0 Å². The van der Waals surface area contributed by atoms with Crippen molar-refractivity contribution in [3.8, 4) is 0 Å². The van der Waals surface area contributed by atoms with E-state index in [-0.39, 0.29) is 0 Å². The van der Waals surface area contributed by atoms with E-state index in [2.05, 4.69) is 0 Å². The number of rotatable bonds is 4. The van der Waals surface area contributed by atoms with Gasteiger partial charge in [0.1, 0.15) is 0 Å². The van der Waals surface area contributed by atoms with Crippen LogP contribution in [0.25, 0.3) is 0 Å². The van der Waals surface area contributed by atoms with E-state index in [1.165, 1.54) is 13.8 Å². The van der Waals surface area contributed by atoms with Crippen LogP contribution in [0.3, 0.4) is 0 Å². The third kappa shape index (κ3) is 5.06. The Bertz CT molecular complexity index is 201. The van der Waals surface area contributed by atoms with Gasteiger partial charge in [-0.1, -0.05) is 0 Å². The van der Waals surface area contributed by atoms with Crippen LogP contribution < -0.4 is 11.1 Å². The third-order valence-corrected chi connectivity index (χ3v) is 1.72. The molecule has 1 amide bonds. The summed E-state index contributed by atoms with van der Waals surface area (Å²) in [7, 11) is 0. The highest BCUT2D eigenvalue weighted by molar-refractivity contribution is 5.82. The van der Waals surface area contributed by atoms with Crippen molar-refractivity contribution >= 4 is 5.91 Å². The van der Waals surface area contributed by atoms with Crippen LogP contribution in [-0.4, -0.2) is 24.2 Å². The van der Waals surface area contributed by atoms with E-state index >= 15 is 0 Å². The molecule has 0 unspecified atom stereocenters. The lowest BCUT2D eigenvalue weighted by Gasteiger charge is -2.26. The molecule has 3 nitrogen and oxygen atoms in total. The van der Waals surface area contributed by atoms with E-state index in [9.17, 15) is 18.0 Å². The van der Waals surface area contributed by atoms with E-state index in [0.29, 0.717) is 19.4 Å². The third-order valence-electron chi connectivity index (χ3n) is 1.72. The van der Waals surface area contributed by atoms with Gasteiger partial charge in [0.05, 0.1) is 0 Å². The zero-order valence-corrected chi connectivity index (χ0v) is 8.24. The van der Waals surface area contributed by atoms with Gasteiger partial charge >= 0.3 is 12.1 Å². The molecular weight excluding hydrogens is 197 g/mol. The van der Waals surface area contributed by atoms with Gasteiger partial charge < -0.3 is 11.1 Å². The van der Waals surface area contributed by atoms with Crippen LogP contribution in [0.2, 0.25) is 0 Å². The predicted molar refractivity (Wildman–Crippen MR) is 46.6 cm³/mol. The monoisotopic (exact) mass is 212 g/mol. The Balaban J connectivity index is 4.15. The minimum Gasteiger partial charge on any atom is -0.343 e. The maximum atomic E-state index is 11.9. The lowest BCUT2D eigenvalue weighted by Crippen LogP contribution is -2.49. The van der Waals surface area contributed by atoms with Crippen molar-refractivity contribution in [1.29, 1.82) is 0 Å². The van der Waals surface area contributed by atoms with Gasteiger partial charge in [0.2, 0.25) is 0 Å². The number of amides is 1. The Hall–Kier alpha value is -0.780. The Morgan fingerprint density at radius 2 is 1.86 bits per heavy atom. The van der Waals surface area contributed by atoms with E-state index in [1.54, 1.807) is 0 Å². The molecule has 0 rings (SSSR count). The molecular formula is C8H15F3N2O. The lowest BCUT2D eigenvalue weighted by atomic mass is 9.98. The molecule has 6 heteroatoms. The average molecular weight is 212 g/mol. The summed E-state index contributed by atoms with van der Waals surface area (Å²) in [4.78, 5) is 10.6. The number of alkyl halides is 3. The molecule has 0 bridgehead atoms. The van der Waals surface area contributed by atoms with Gasteiger partial charge in [-0.05, 0) is 33.2 Å². The molecule has 0 aliphatic rings. The average Bonchev–Trinajstić information content (AvgIpc) is 1.98. The van der Waals surface area contributed by atoms with Crippen molar-refractivity contribution in [2.24, 2.45) is 5.73 Å². The summed E-state index contributed by atoms with van der Waals surface area (Å²) in [6, 6.07) is 0. The number of hydrogen-bond acceptors (Lipinski definition) is 2. The molecule has 0 heterocycles. The van der Waals surface area contributed by atoms with Crippen LogP contribution in [0, 0.1) is 0 Å². The summed E-state index contributed by atoms with van der Waals surface area (Å²) in [5.41, 5.74) is 4.35. The quantitative estimate of drug-likeness (QED) is 0.735. The molecule has 84 valence electrons. The van der Waals surface area contributed by atoms with Crippen molar-refractivity contribution < 1.29 is 18.0 Å². The Morgan fingerprint density at radius 3 is 2.21 bits per heavy atom. The summed E-state index contributed by atoms with van der Waals surface area (Å²) in [6.45, 7) is 3.46. The van der Waals surface area contributed by atoms with Crippen molar-refractivity contribution in [1.82, 2.24) is 5.32 Å². The van der Waals surface area contributed by atoms with Gasteiger partial charge in [-0.2, -0.15) is 13.2 Å². The first-order valence-corrected chi connectivity index (χ1v) is 4.28. The van der Waals surface area contributed by atoms with Gasteiger partial charge in [0.25, 0.3) is 0 Å². The molecule has 0 saturated carbocycles. The largest absolute Gasteiger partial charge is 0.471 e. The van der Waals surface area contributed by atoms with E-state index < -0.39 is 17.6 Å². The first kappa shape index (κ1) is 13.2. The summed E-state index contributed by atoms with van der Waals surface area (Å²) < 4.78 is 35.6. The molecule has 0 fully saturated rings. The van der Waals surface area contributed by atoms with E-state index in [4.69, 9.17) is 5.73 Å². The maximum absolute atomic E-state index is 11.9. The first-order valence-electron chi connectivity index (χ1n) is 4.28. The fraction of sp³-hybridized carbons (Fsp3) is 0.875. The number of carbonyl (C=O) groups is 1. The first-order chi connectivity index (χ1) is 6.19. The summed E-state index contributed by atoms with van der Waals surface area (Å²) >= 11 is 0. The fourth-order valence-corrected chi connectivity index (χ4v) is 0.985. The highest BCUT2D eigenvalue weighted by Gasteiger charge is 2.41. The minimum atomic E-state index is -4.82. The van der Waals surface area contributed by atoms with Crippen LogP contribution in [0.15, 0.2) is 0 Å². The van der Waals surface area contributed by atoms with Gasteiger partial charge in [0, 0.05) is 5.54 Å². The number of hydrogen-bond donors (Lipinski definition) is 2. The van der Waals surface area contributed by atoms with E-state index in [0.717, 1.165) is 0 Å². The number of nitrogens with one attached hydrogen (secondary N) is 1. The van der Waals surface area contributed by atoms with Crippen LogP contribution in [0.4, 0.5) is 13.2 Å². The molecule has 3 N–H and O–H groups in total. The molecule has 0 saturated heterocycles. The highest BCUT2D eigenvalue weighted by Crippen LogP contribution is 2.18. The molecule has 0 radical (unpaired) electrons. The van der Waals surface area contributed by atoms with Gasteiger partial charge in [0.15, 0.2) is 0 Å². The lowest BCUT2D eigenvalue weighted by molar-refractivity contribution is -0.175. The molecule has 0 aromatic carbocycles. The molecule has 0 aliphatic carbocycles. The summed E-state index contributed by atoms with van der Waals surface area (Å²) in [5, 5.41) is 1.91. The zero-order valence-electron chi connectivity index (χ0n) is 8.24. The SMILES string of the molecule is CC(C)(CCCN)NC(=O)C(F)(F)F. The standard InChI is InChI=1S/C8H15F3N2O/c1-7(2,4-3-5-12)13-6(14)8(9,10)11/h3-5,12H2,1-2H3,(H,13,14). The molecule has 0 aliphatic heterocycles. The second-order valence-corrected chi connectivity index (χ2v) is 3.73. The number of carbonyl (C=O) groups excluding carboxylic acids is 1. The van der Waals surface area contributed by atoms with Crippen molar-refractivity contribution in [3.05, 3.63) is 0 Å². The topological polar surface area (TPSA) is 55.1 Å². The van der Waals surface area contributed by atoms with Crippen molar-refractivity contribution in [3.63, 3.8) is 0 Å². The Labute approximate surface area is 80.8 Å². The Kier molecular flexibility index (Phi) is 4.38. The molecule has 14 heavy (non-hydrogen) atoms. The molecule has 0 aromatic rings. The summed E-state index contributed by atoms with van der Waals surface area (Å²) in [6.07, 6.45) is -3.82. The Morgan fingerprint density at radius 1 is 1.36 bits per heavy atom. The number of nitrogens with two attached hydrogens (primary N) is 1. The fourth-order valence-electron chi connectivity index (χ4n) is 0.985. The van der Waals surface area contributed by atoms with Crippen LogP contribution in [-0.2, 0) is 4.79 Å². The predicted octanol–water partition coefficient (Wildman–Crippen LogP) is 1.18. The smallest absolute Gasteiger partial charge is 0.343 e. The number of halogens is 3. The van der Waals surface area contributed by atoms with Gasteiger partial charge in [-0.3, -0.25) is 4.79 Å². The zero-order chi connectivity index (χ0) is 11.4. The molecule has 0 atom stereocenters. The second-order valence-electron chi connectivity index (χ2n) is 3.73. The second kappa shape index (κ2) is 4.63. The van der Waals surface area contributed by atoms with Crippen molar-refractivity contribution in [2.45, 2.75) is 38.4 Å². The van der Waals surface area contributed by atoms with Crippen LogP contribution in [0.1, 0.15) is 26.7 Å². The highest BCUT2D eigenvalue weighted by atomic mass is 19.4. The molecule has 0 aromatic heterocycles. The van der Waals surface area contributed by atoms with Crippen molar-refractivity contribution in [2.75, 3.05) is 6.54 Å². The normalized spacial score (nSPS) is 12.7.